The molecule has 0 spiro atoms. The average molecular weight is 358 g/mol. The van der Waals surface area contributed by atoms with Gasteiger partial charge >= 0.3 is 0 Å². The summed E-state index contributed by atoms with van der Waals surface area (Å²) in [5, 5.41) is 8.42. The van der Waals surface area contributed by atoms with Crippen LogP contribution in [0.5, 0.6) is 0 Å². The van der Waals surface area contributed by atoms with Crippen LogP contribution in [-0.2, 0) is 0 Å². The highest BCUT2D eigenvalue weighted by Gasteiger charge is 2.28. The molecule has 0 amide bonds. The Balaban J connectivity index is 1.69. The molecule has 1 nitrogen and oxygen atoms in total. The summed E-state index contributed by atoms with van der Waals surface area (Å²) >= 11 is 0. The first-order valence-corrected chi connectivity index (χ1v) is 10.8. The van der Waals surface area contributed by atoms with E-state index in [0.717, 1.165) is 24.7 Å². The Kier molecular flexibility index (Phi) is 9.16. The third-order valence-electron chi connectivity index (χ3n) is 6.62. The molecule has 0 saturated heterocycles. The molecule has 0 aromatic heterocycles. The van der Waals surface area contributed by atoms with Gasteiger partial charge in [-0.05, 0) is 81.1 Å². The fourth-order valence-corrected chi connectivity index (χ4v) is 4.86. The highest BCUT2D eigenvalue weighted by atomic mass is 19.1. The summed E-state index contributed by atoms with van der Waals surface area (Å²) in [5.74, 6) is 2.22. The van der Waals surface area contributed by atoms with Crippen molar-refractivity contribution in [1.82, 2.24) is 0 Å². The quantitative estimate of drug-likeness (QED) is 0.189. The highest BCUT2D eigenvalue weighted by Crippen LogP contribution is 2.42. The molecule has 0 heterocycles. The third-order valence-corrected chi connectivity index (χ3v) is 6.62. The maximum atomic E-state index is 12.8. The van der Waals surface area contributed by atoms with E-state index in [9.17, 15) is 4.39 Å². The number of allylic oxidation sites excluding steroid dienone is 5. The average Bonchev–Trinajstić information content (AvgIpc) is 2.68. The van der Waals surface area contributed by atoms with E-state index in [1.807, 2.05) is 0 Å². The van der Waals surface area contributed by atoms with Crippen LogP contribution in [0.15, 0.2) is 36.2 Å². The molecule has 0 aromatic rings. The van der Waals surface area contributed by atoms with Crippen LogP contribution in [0.2, 0.25) is 0 Å². The van der Waals surface area contributed by atoms with Crippen LogP contribution in [0.1, 0.15) is 84.0 Å². The predicted octanol–water partition coefficient (Wildman–Crippen LogP) is 7.67. The zero-order chi connectivity index (χ0) is 18.8. The van der Waals surface area contributed by atoms with Crippen molar-refractivity contribution < 1.29 is 4.39 Å². The van der Waals surface area contributed by atoms with Crippen molar-refractivity contribution in [2.75, 3.05) is 0 Å². The number of nitriles is 1. The Morgan fingerprint density at radius 2 is 1.65 bits per heavy atom. The van der Waals surface area contributed by atoms with Crippen molar-refractivity contribution in [2.24, 2.45) is 23.7 Å². The van der Waals surface area contributed by atoms with Gasteiger partial charge in [-0.25, -0.2) is 0 Å². The molecule has 2 fully saturated rings. The first-order valence-electron chi connectivity index (χ1n) is 10.8. The van der Waals surface area contributed by atoms with Gasteiger partial charge in [-0.3, -0.25) is 0 Å². The summed E-state index contributed by atoms with van der Waals surface area (Å²) in [5.41, 5.74) is 1.52. The van der Waals surface area contributed by atoms with Gasteiger partial charge in [-0.15, -0.1) is 0 Å². The van der Waals surface area contributed by atoms with Crippen LogP contribution >= 0.6 is 0 Å². The summed E-state index contributed by atoms with van der Waals surface area (Å²) in [6.07, 6.45) is 20.9. The second kappa shape index (κ2) is 11.4. The van der Waals surface area contributed by atoms with Gasteiger partial charge in [0.25, 0.3) is 0 Å². The van der Waals surface area contributed by atoms with Crippen LogP contribution in [0, 0.1) is 35.0 Å². The van der Waals surface area contributed by atoms with Gasteiger partial charge in [-0.2, -0.15) is 9.65 Å². The van der Waals surface area contributed by atoms with Crippen LogP contribution in [0.25, 0.3) is 0 Å². The van der Waals surface area contributed by atoms with Crippen LogP contribution < -0.4 is 0 Å². The van der Waals surface area contributed by atoms with E-state index in [1.165, 1.54) is 81.9 Å². The van der Waals surface area contributed by atoms with Crippen molar-refractivity contribution in [3.05, 3.63) is 36.2 Å². The van der Waals surface area contributed by atoms with Crippen LogP contribution in [0.3, 0.4) is 0 Å². The first kappa shape index (κ1) is 20.9. The van der Waals surface area contributed by atoms with Crippen molar-refractivity contribution in [3.8, 4) is 6.07 Å². The monoisotopic (exact) mass is 357 g/mol. The molecule has 2 rings (SSSR count). The summed E-state index contributed by atoms with van der Waals surface area (Å²) in [7, 11) is 0. The summed E-state index contributed by atoms with van der Waals surface area (Å²) in [6, 6.07) is 1.51. The van der Waals surface area contributed by atoms with Gasteiger partial charge in [0.1, 0.15) is 6.07 Å². The van der Waals surface area contributed by atoms with E-state index in [0.29, 0.717) is 11.8 Å². The van der Waals surface area contributed by atoms with Crippen molar-refractivity contribution in [3.63, 3.8) is 0 Å². The molecule has 0 atom stereocenters. The lowest BCUT2D eigenvalue weighted by Gasteiger charge is -2.35. The third kappa shape index (κ3) is 6.75. The Hall–Kier alpha value is -1.36. The highest BCUT2D eigenvalue weighted by molar-refractivity contribution is 5.19. The van der Waals surface area contributed by atoms with Gasteiger partial charge < -0.3 is 0 Å². The molecule has 2 aliphatic rings. The summed E-state index contributed by atoms with van der Waals surface area (Å²) in [6.45, 7) is 6.80. The standard InChI is InChI=1S/C24H36FN/c1-3-4-5-7-20-10-14-22(15-11-20)19(2)23-16-12-21(13-17-23)8-6-9-24(25)18-26/h6,8-9,20-23H,2-5,7,10-17H2,1H3/b8-6+,24-9-. The second-order valence-electron chi connectivity index (χ2n) is 8.41. The maximum absolute atomic E-state index is 12.8. The minimum atomic E-state index is -0.714. The lowest BCUT2D eigenvalue weighted by molar-refractivity contribution is 0.253. The zero-order valence-electron chi connectivity index (χ0n) is 16.6. The number of nitrogens with zero attached hydrogens (tertiary/aromatic N) is 1. The molecule has 2 heteroatoms. The molecule has 26 heavy (non-hydrogen) atoms. The maximum Gasteiger partial charge on any atom is 0.199 e. The van der Waals surface area contributed by atoms with Crippen molar-refractivity contribution in [2.45, 2.75) is 84.0 Å². The minimum absolute atomic E-state index is 0.524. The molecule has 144 valence electrons. The minimum Gasteiger partial charge on any atom is -0.195 e. The molecule has 0 radical (unpaired) electrons. The smallest absolute Gasteiger partial charge is 0.195 e. The van der Waals surface area contributed by atoms with Crippen molar-refractivity contribution >= 4 is 0 Å². The van der Waals surface area contributed by atoms with Gasteiger partial charge in [0.15, 0.2) is 5.83 Å². The molecule has 0 aliphatic heterocycles. The number of hydrogen-bond donors (Lipinski definition) is 0. The van der Waals surface area contributed by atoms with Gasteiger partial charge in [0, 0.05) is 0 Å². The Bertz CT molecular complexity index is 523. The van der Waals surface area contributed by atoms with Crippen molar-refractivity contribution in [1.29, 1.82) is 5.26 Å². The number of halogens is 1. The van der Waals surface area contributed by atoms with Crippen LogP contribution in [-0.4, -0.2) is 0 Å². The number of hydrogen-bond acceptors (Lipinski definition) is 1. The number of rotatable bonds is 8. The molecule has 0 aromatic carbocycles. The fraction of sp³-hybridized carbons (Fsp3) is 0.708. The van der Waals surface area contributed by atoms with E-state index >= 15 is 0 Å². The largest absolute Gasteiger partial charge is 0.199 e. The summed E-state index contributed by atoms with van der Waals surface area (Å²) in [4.78, 5) is 0. The topological polar surface area (TPSA) is 23.8 Å². The second-order valence-corrected chi connectivity index (χ2v) is 8.41. The molecule has 0 unspecified atom stereocenters. The van der Waals surface area contributed by atoms with Crippen LogP contribution in [0.4, 0.5) is 4.39 Å². The molecule has 2 saturated carbocycles. The Morgan fingerprint density at radius 3 is 2.23 bits per heavy atom. The molecule has 0 bridgehead atoms. The predicted molar refractivity (Wildman–Crippen MR) is 108 cm³/mol. The SMILES string of the molecule is C=C(C1CCC(/C=C/C=C(\F)C#N)CC1)C1CCC(CCCCC)CC1. The van der Waals surface area contributed by atoms with E-state index in [-0.39, 0.29) is 0 Å². The molecular formula is C24H36FN. The summed E-state index contributed by atoms with van der Waals surface area (Å²) < 4.78 is 12.8. The van der Waals surface area contributed by atoms with Gasteiger partial charge in [0.05, 0.1) is 0 Å². The van der Waals surface area contributed by atoms with E-state index in [4.69, 9.17) is 5.26 Å². The Morgan fingerprint density at radius 1 is 1.04 bits per heavy atom. The first-order chi connectivity index (χ1) is 12.6. The lowest BCUT2D eigenvalue weighted by atomic mass is 9.70. The molecular weight excluding hydrogens is 321 g/mol. The molecule has 0 N–H and O–H groups in total. The fourth-order valence-electron chi connectivity index (χ4n) is 4.86. The van der Waals surface area contributed by atoms with E-state index in [1.54, 1.807) is 6.08 Å². The van der Waals surface area contributed by atoms with Gasteiger partial charge in [-0.1, -0.05) is 56.9 Å². The van der Waals surface area contributed by atoms with E-state index < -0.39 is 5.83 Å². The number of unbranched alkanes of at least 4 members (excludes halogenated alkanes) is 2. The molecule has 2 aliphatic carbocycles. The van der Waals surface area contributed by atoms with E-state index in [2.05, 4.69) is 19.6 Å². The zero-order valence-corrected chi connectivity index (χ0v) is 16.6. The normalized spacial score (nSPS) is 30.3. The lowest BCUT2D eigenvalue weighted by Crippen LogP contribution is -2.22. The van der Waals surface area contributed by atoms with Gasteiger partial charge in [0.2, 0.25) is 0 Å². The Labute approximate surface area is 160 Å².